The Morgan fingerprint density at radius 1 is 1.55 bits per heavy atom. The van der Waals surface area contributed by atoms with Gasteiger partial charge in [0.25, 0.3) is 5.69 Å². The fourth-order valence-electron chi connectivity index (χ4n) is 2.44. The Labute approximate surface area is 117 Å². The normalized spacial score (nSPS) is 19.9. The van der Waals surface area contributed by atoms with Gasteiger partial charge >= 0.3 is 0 Å². The molecule has 1 unspecified atom stereocenters. The van der Waals surface area contributed by atoms with Crippen LogP contribution in [0.25, 0.3) is 0 Å². The first-order chi connectivity index (χ1) is 9.55. The number of hydrazine groups is 1. The van der Waals surface area contributed by atoms with Crippen LogP contribution in [0.5, 0.6) is 0 Å². The number of nitrogen functional groups attached to an aromatic ring is 1. The van der Waals surface area contributed by atoms with E-state index < -0.39 is 4.92 Å². The smallest absolute Gasteiger partial charge is 0.276 e. The molecule has 0 spiro atoms. The lowest BCUT2D eigenvalue weighted by molar-refractivity contribution is -0.384. The van der Waals surface area contributed by atoms with Gasteiger partial charge in [-0.15, -0.1) is 0 Å². The van der Waals surface area contributed by atoms with E-state index in [1.54, 1.807) is 0 Å². The fourth-order valence-corrected chi connectivity index (χ4v) is 2.44. The second-order valence-electron chi connectivity index (χ2n) is 4.96. The number of rotatable bonds is 4. The van der Waals surface area contributed by atoms with Crippen molar-refractivity contribution in [3.63, 3.8) is 0 Å². The molecule has 0 radical (unpaired) electrons. The molecule has 1 aliphatic heterocycles. The Hall–Kier alpha value is -1.93. The summed E-state index contributed by atoms with van der Waals surface area (Å²) in [6, 6.07) is 3.26. The topological polar surface area (TPSA) is 101 Å². The molecule has 110 valence electrons. The summed E-state index contributed by atoms with van der Waals surface area (Å²) in [5.74, 6) is 6.23. The van der Waals surface area contributed by atoms with E-state index in [1.807, 2.05) is 0 Å². The molecule has 0 aliphatic carbocycles. The molecule has 1 aliphatic rings. The number of pyridine rings is 1. The number of nitrogens with two attached hydrogens (primary N) is 1. The summed E-state index contributed by atoms with van der Waals surface area (Å²) in [6.07, 6.45) is 1.03. The first-order valence-electron chi connectivity index (χ1n) is 6.63. The summed E-state index contributed by atoms with van der Waals surface area (Å²) in [5, 5.41) is 11.0. The highest BCUT2D eigenvalue weighted by Gasteiger charge is 2.25. The molecule has 0 saturated carbocycles. The molecule has 8 heteroatoms. The lowest BCUT2D eigenvalue weighted by Gasteiger charge is -2.39. The number of anilines is 2. The summed E-state index contributed by atoms with van der Waals surface area (Å²) >= 11 is 0. The number of nitro groups is 1. The molecule has 20 heavy (non-hydrogen) atoms. The maximum atomic E-state index is 11.0. The number of hydrogen-bond donors (Lipinski definition) is 2. The third kappa shape index (κ3) is 2.97. The minimum Gasteiger partial charge on any atom is -0.353 e. The molecule has 3 N–H and O–H groups in total. The highest BCUT2D eigenvalue weighted by Crippen LogP contribution is 2.25. The van der Waals surface area contributed by atoms with Crippen molar-refractivity contribution in [1.29, 1.82) is 0 Å². The van der Waals surface area contributed by atoms with E-state index in [0.29, 0.717) is 17.7 Å². The fraction of sp³-hybridized carbons (Fsp3) is 0.583. The van der Waals surface area contributed by atoms with Crippen molar-refractivity contribution in [3.05, 3.63) is 22.2 Å². The van der Waals surface area contributed by atoms with Crippen LogP contribution >= 0.6 is 0 Å². The summed E-state index contributed by atoms with van der Waals surface area (Å²) < 4.78 is 0. The maximum absolute atomic E-state index is 11.0. The Balaban J connectivity index is 2.27. The van der Waals surface area contributed by atoms with Gasteiger partial charge in [0.1, 0.15) is 11.6 Å². The Kier molecular flexibility index (Phi) is 4.35. The zero-order chi connectivity index (χ0) is 14.7. The highest BCUT2D eigenvalue weighted by molar-refractivity contribution is 5.55. The monoisotopic (exact) mass is 280 g/mol. The average Bonchev–Trinajstić information content (AvgIpc) is 2.47. The molecule has 0 aromatic carbocycles. The minimum absolute atomic E-state index is 0.00470. The number of piperazine rings is 1. The average molecular weight is 280 g/mol. The van der Waals surface area contributed by atoms with Gasteiger partial charge in [0.15, 0.2) is 0 Å². The van der Waals surface area contributed by atoms with E-state index in [-0.39, 0.29) is 5.69 Å². The molecular formula is C12H20N6O2. The first-order valence-corrected chi connectivity index (χ1v) is 6.63. The third-order valence-corrected chi connectivity index (χ3v) is 3.73. The number of aromatic nitrogens is 1. The highest BCUT2D eigenvalue weighted by atomic mass is 16.6. The molecule has 0 bridgehead atoms. The zero-order valence-corrected chi connectivity index (χ0v) is 11.7. The number of nitrogens with zero attached hydrogens (tertiary/aromatic N) is 4. The molecule has 2 heterocycles. The van der Waals surface area contributed by atoms with Crippen LogP contribution in [0, 0.1) is 10.1 Å². The number of nitrogens with one attached hydrogen (secondary N) is 1. The van der Waals surface area contributed by atoms with Crippen LogP contribution in [0.15, 0.2) is 12.1 Å². The van der Waals surface area contributed by atoms with Crippen LogP contribution < -0.4 is 16.2 Å². The molecule has 1 aromatic heterocycles. The number of hydrogen-bond acceptors (Lipinski definition) is 7. The standard InChI is InChI=1S/C12H20N6O2/c1-3-9-8-17(5-4-16(9)2)12-7-10(18(19)20)6-11(14-12)15-13/h6-7,9H,3-5,8,13H2,1-2H3,(H,14,15). The van der Waals surface area contributed by atoms with Crippen molar-refractivity contribution in [2.45, 2.75) is 19.4 Å². The molecule has 1 aromatic rings. The molecule has 0 amide bonds. The van der Waals surface area contributed by atoms with Gasteiger partial charge in [-0.3, -0.25) is 15.0 Å². The van der Waals surface area contributed by atoms with Crippen molar-refractivity contribution < 1.29 is 4.92 Å². The van der Waals surface area contributed by atoms with Crippen molar-refractivity contribution >= 4 is 17.3 Å². The first kappa shape index (κ1) is 14.5. The molecule has 1 atom stereocenters. The maximum Gasteiger partial charge on any atom is 0.276 e. The van der Waals surface area contributed by atoms with Gasteiger partial charge in [-0.1, -0.05) is 6.92 Å². The van der Waals surface area contributed by atoms with Gasteiger partial charge in [-0.05, 0) is 13.5 Å². The predicted octanol–water partition coefficient (Wildman–Crippen LogP) is 0.806. The van der Waals surface area contributed by atoms with Gasteiger partial charge < -0.3 is 10.3 Å². The second-order valence-corrected chi connectivity index (χ2v) is 4.96. The van der Waals surface area contributed by atoms with Gasteiger partial charge in [-0.25, -0.2) is 10.8 Å². The number of likely N-dealkylation sites (N-methyl/N-ethyl adjacent to an activating group) is 1. The van der Waals surface area contributed by atoms with Crippen LogP contribution in [-0.2, 0) is 0 Å². The Morgan fingerprint density at radius 3 is 2.90 bits per heavy atom. The van der Waals surface area contributed by atoms with E-state index in [1.165, 1.54) is 12.1 Å². The molecule has 8 nitrogen and oxygen atoms in total. The summed E-state index contributed by atoms with van der Waals surface area (Å²) in [4.78, 5) is 19.2. The quantitative estimate of drug-likeness (QED) is 0.478. The molecular weight excluding hydrogens is 260 g/mol. The minimum atomic E-state index is -0.431. The molecule has 1 saturated heterocycles. The Bertz CT molecular complexity index is 495. The van der Waals surface area contributed by atoms with Crippen LogP contribution in [0.2, 0.25) is 0 Å². The second kappa shape index (κ2) is 6.02. The van der Waals surface area contributed by atoms with Crippen molar-refractivity contribution in [3.8, 4) is 0 Å². The van der Waals surface area contributed by atoms with Gasteiger partial charge in [0.2, 0.25) is 0 Å². The van der Waals surface area contributed by atoms with Gasteiger partial charge in [0.05, 0.1) is 17.1 Å². The predicted molar refractivity (Wildman–Crippen MR) is 77.6 cm³/mol. The van der Waals surface area contributed by atoms with Gasteiger partial charge in [-0.2, -0.15) is 0 Å². The molecule has 2 rings (SSSR count). The van der Waals surface area contributed by atoms with E-state index in [4.69, 9.17) is 5.84 Å². The van der Waals surface area contributed by atoms with E-state index in [2.05, 4.69) is 34.2 Å². The van der Waals surface area contributed by atoms with E-state index in [9.17, 15) is 10.1 Å². The van der Waals surface area contributed by atoms with Gasteiger partial charge in [0, 0.05) is 25.7 Å². The van der Waals surface area contributed by atoms with Crippen LogP contribution in [0.4, 0.5) is 17.3 Å². The third-order valence-electron chi connectivity index (χ3n) is 3.73. The van der Waals surface area contributed by atoms with Crippen molar-refractivity contribution in [1.82, 2.24) is 9.88 Å². The lowest BCUT2D eigenvalue weighted by Crippen LogP contribution is -2.51. The van der Waals surface area contributed by atoms with Crippen molar-refractivity contribution in [2.75, 3.05) is 37.0 Å². The zero-order valence-electron chi connectivity index (χ0n) is 11.7. The molecule has 1 fully saturated rings. The van der Waals surface area contributed by atoms with Crippen LogP contribution in [-0.4, -0.2) is 47.5 Å². The summed E-state index contributed by atoms with van der Waals surface area (Å²) in [6.45, 7) is 4.66. The van der Waals surface area contributed by atoms with Crippen molar-refractivity contribution in [2.24, 2.45) is 5.84 Å². The van der Waals surface area contributed by atoms with E-state index >= 15 is 0 Å². The lowest BCUT2D eigenvalue weighted by atomic mass is 10.1. The van der Waals surface area contributed by atoms with E-state index in [0.717, 1.165) is 26.1 Å². The van der Waals surface area contributed by atoms with Crippen LogP contribution in [0.1, 0.15) is 13.3 Å². The van der Waals surface area contributed by atoms with Crippen LogP contribution in [0.3, 0.4) is 0 Å². The summed E-state index contributed by atoms with van der Waals surface area (Å²) in [7, 11) is 2.10. The largest absolute Gasteiger partial charge is 0.353 e. The Morgan fingerprint density at radius 2 is 2.30 bits per heavy atom. The summed E-state index contributed by atoms with van der Waals surface area (Å²) in [5.41, 5.74) is 2.38. The SMILES string of the molecule is CCC1CN(c2cc([N+](=O)[O-])cc(NN)n2)CCN1C.